The van der Waals surface area contributed by atoms with Gasteiger partial charge >= 0.3 is 0 Å². The number of hydrogen-bond donors (Lipinski definition) is 3. The zero-order chi connectivity index (χ0) is 20.1. The second-order valence-electron chi connectivity index (χ2n) is 6.16. The number of aromatic nitrogens is 2. The van der Waals surface area contributed by atoms with E-state index in [4.69, 9.17) is 16.3 Å². The number of carbonyl (C=O) groups is 1. The standard InChI is InChI=1S/C19H19ClFN5O2/c1-11(10-28-2)22-19(24-18(27)12-3-5-13(20)6-4-12)23-17-15-8-7-14(21)9-16(15)25-26-17/h3-9,11H,10H2,1-2H3,(H3,22,23,24,25,26,27)/t11-/m0/s1. The molecule has 0 saturated carbocycles. The Labute approximate surface area is 165 Å². The molecular formula is C19H19ClFN5O2. The summed E-state index contributed by atoms with van der Waals surface area (Å²) >= 11 is 5.86. The lowest BCUT2D eigenvalue weighted by molar-refractivity contribution is 0.100. The molecule has 1 atom stereocenters. The number of hydrogen-bond acceptors (Lipinski definition) is 3. The smallest absolute Gasteiger partial charge is 0.280 e. The van der Waals surface area contributed by atoms with Crippen LogP contribution >= 0.6 is 11.6 Å². The van der Waals surface area contributed by atoms with Crippen LogP contribution in [0.1, 0.15) is 17.3 Å². The molecule has 2 aromatic carbocycles. The first-order valence-electron chi connectivity index (χ1n) is 8.51. The lowest BCUT2D eigenvalue weighted by atomic mass is 10.2. The van der Waals surface area contributed by atoms with E-state index < -0.39 is 5.91 Å². The summed E-state index contributed by atoms with van der Waals surface area (Å²) in [6.07, 6.45) is 0. The summed E-state index contributed by atoms with van der Waals surface area (Å²) in [7, 11) is 1.58. The SMILES string of the molecule is COC[C@H](C)N/C(=N/C(=O)c1ccc(Cl)cc1)Nc1[nH]nc2cc(F)ccc12. The van der Waals surface area contributed by atoms with Gasteiger partial charge in [-0.15, -0.1) is 0 Å². The van der Waals surface area contributed by atoms with Crippen molar-refractivity contribution < 1.29 is 13.9 Å². The summed E-state index contributed by atoms with van der Waals surface area (Å²) in [6.45, 7) is 2.29. The Kier molecular flexibility index (Phi) is 6.23. The summed E-state index contributed by atoms with van der Waals surface area (Å²) in [6, 6.07) is 10.5. The molecule has 28 heavy (non-hydrogen) atoms. The van der Waals surface area contributed by atoms with Crippen LogP contribution in [0.2, 0.25) is 5.02 Å². The first-order valence-corrected chi connectivity index (χ1v) is 8.89. The van der Waals surface area contributed by atoms with Crippen molar-refractivity contribution in [3.05, 3.63) is 58.9 Å². The molecule has 3 rings (SSSR count). The van der Waals surface area contributed by atoms with Crippen molar-refractivity contribution >= 4 is 40.2 Å². The first kappa shape index (κ1) is 19.8. The van der Waals surface area contributed by atoms with Gasteiger partial charge in [0.2, 0.25) is 5.96 Å². The van der Waals surface area contributed by atoms with Gasteiger partial charge in [0.05, 0.1) is 12.1 Å². The monoisotopic (exact) mass is 403 g/mol. The molecule has 0 bridgehead atoms. The average molecular weight is 404 g/mol. The van der Waals surface area contributed by atoms with E-state index >= 15 is 0 Å². The molecule has 0 aliphatic carbocycles. The zero-order valence-corrected chi connectivity index (χ0v) is 16.0. The highest BCUT2D eigenvalue weighted by atomic mass is 35.5. The maximum Gasteiger partial charge on any atom is 0.280 e. The molecule has 3 N–H and O–H groups in total. The Hall–Kier alpha value is -2.97. The fraction of sp³-hybridized carbons (Fsp3) is 0.211. The van der Waals surface area contributed by atoms with Crippen LogP contribution in [0.15, 0.2) is 47.5 Å². The molecule has 3 aromatic rings. The molecule has 146 valence electrons. The largest absolute Gasteiger partial charge is 0.383 e. The van der Waals surface area contributed by atoms with Gasteiger partial charge in [-0.2, -0.15) is 10.1 Å². The number of benzene rings is 2. The van der Waals surface area contributed by atoms with Gasteiger partial charge in [-0.1, -0.05) is 11.6 Å². The number of nitrogens with one attached hydrogen (secondary N) is 3. The summed E-state index contributed by atoms with van der Waals surface area (Å²) < 4.78 is 18.5. The summed E-state index contributed by atoms with van der Waals surface area (Å²) in [5.74, 6) is -0.149. The molecule has 9 heteroatoms. The predicted octanol–water partition coefficient (Wildman–Crippen LogP) is 3.59. The normalized spacial score (nSPS) is 12.8. The van der Waals surface area contributed by atoms with Crippen molar-refractivity contribution in [2.45, 2.75) is 13.0 Å². The van der Waals surface area contributed by atoms with E-state index in [9.17, 15) is 9.18 Å². The minimum Gasteiger partial charge on any atom is -0.383 e. The fourth-order valence-corrected chi connectivity index (χ4v) is 2.70. The third-order valence-corrected chi connectivity index (χ3v) is 4.12. The van der Waals surface area contributed by atoms with Gasteiger partial charge in [-0.3, -0.25) is 9.89 Å². The zero-order valence-electron chi connectivity index (χ0n) is 15.3. The van der Waals surface area contributed by atoms with Gasteiger partial charge in [0, 0.05) is 35.2 Å². The van der Waals surface area contributed by atoms with Crippen molar-refractivity contribution in [1.82, 2.24) is 15.5 Å². The van der Waals surface area contributed by atoms with E-state index in [2.05, 4.69) is 25.8 Å². The summed E-state index contributed by atoms with van der Waals surface area (Å²) in [4.78, 5) is 16.7. The van der Waals surface area contributed by atoms with Crippen LogP contribution in [0.4, 0.5) is 10.2 Å². The molecule has 1 amide bonds. The maximum atomic E-state index is 13.4. The van der Waals surface area contributed by atoms with Crippen molar-refractivity contribution in [2.24, 2.45) is 4.99 Å². The van der Waals surface area contributed by atoms with Crippen LogP contribution in [0, 0.1) is 5.82 Å². The highest BCUT2D eigenvalue weighted by molar-refractivity contribution is 6.30. The third-order valence-electron chi connectivity index (χ3n) is 3.86. The highest BCUT2D eigenvalue weighted by Gasteiger charge is 2.13. The number of H-pyrrole nitrogens is 1. The van der Waals surface area contributed by atoms with Crippen LogP contribution in [0.5, 0.6) is 0 Å². The van der Waals surface area contributed by atoms with E-state index in [1.807, 2.05) is 6.92 Å². The summed E-state index contributed by atoms with van der Waals surface area (Å²) in [5.41, 5.74) is 0.845. The lowest BCUT2D eigenvalue weighted by Gasteiger charge is -2.16. The van der Waals surface area contributed by atoms with Crippen LogP contribution in [-0.2, 0) is 4.74 Å². The van der Waals surface area contributed by atoms with E-state index in [1.54, 1.807) is 37.4 Å². The lowest BCUT2D eigenvalue weighted by Crippen LogP contribution is -2.40. The Morgan fingerprint density at radius 1 is 1.32 bits per heavy atom. The first-order chi connectivity index (χ1) is 13.5. The topological polar surface area (TPSA) is 91.4 Å². The number of carbonyl (C=O) groups excluding carboxylic acids is 1. The molecule has 1 aromatic heterocycles. The van der Waals surface area contributed by atoms with Crippen molar-refractivity contribution in [1.29, 1.82) is 0 Å². The molecule has 1 heterocycles. The number of fused-ring (bicyclic) bond motifs is 1. The van der Waals surface area contributed by atoms with E-state index in [0.29, 0.717) is 33.9 Å². The highest BCUT2D eigenvalue weighted by Crippen LogP contribution is 2.21. The molecule has 0 aliphatic rings. The number of rotatable bonds is 5. The number of guanidine groups is 1. The Balaban J connectivity index is 1.89. The van der Waals surface area contributed by atoms with Crippen LogP contribution in [0.25, 0.3) is 10.9 Å². The quantitative estimate of drug-likeness (QED) is 0.447. The number of ether oxygens (including phenoxy) is 1. The van der Waals surface area contributed by atoms with E-state index in [-0.39, 0.29) is 17.8 Å². The maximum absolute atomic E-state index is 13.4. The number of amides is 1. The molecule has 0 unspecified atom stereocenters. The molecule has 7 nitrogen and oxygen atoms in total. The molecule has 0 radical (unpaired) electrons. The van der Waals surface area contributed by atoms with Gasteiger partial charge < -0.3 is 15.4 Å². The fourth-order valence-electron chi connectivity index (χ4n) is 2.58. The van der Waals surface area contributed by atoms with Crippen LogP contribution < -0.4 is 10.6 Å². The Bertz CT molecular complexity index is 1000. The predicted molar refractivity (Wildman–Crippen MR) is 107 cm³/mol. The Morgan fingerprint density at radius 2 is 2.07 bits per heavy atom. The van der Waals surface area contributed by atoms with Crippen LogP contribution in [0.3, 0.4) is 0 Å². The minimum atomic E-state index is -0.453. The molecule has 0 spiro atoms. The number of nitrogens with zero attached hydrogens (tertiary/aromatic N) is 2. The molecule has 0 aliphatic heterocycles. The van der Waals surface area contributed by atoms with Crippen molar-refractivity contribution in [2.75, 3.05) is 19.0 Å². The van der Waals surface area contributed by atoms with Gasteiger partial charge in [0.15, 0.2) is 0 Å². The number of methoxy groups -OCH3 is 1. The number of aromatic amines is 1. The van der Waals surface area contributed by atoms with E-state index in [1.165, 1.54) is 12.1 Å². The second kappa shape index (κ2) is 8.81. The van der Waals surface area contributed by atoms with Gasteiger partial charge in [-0.05, 0) is 43.3 Å². The van der Waals surface area contributed by atoms with Gasteiger partial charge in [0.1, 0.15) is 11.6 Å². The average Bonchev–Trinajstić information content (AvgIpc) is 3.04. The third kappa shape index (κ3) is 4.85. The van der Waals surface area contributed by atoms with Crippen molar-refractivity contribution in [3.63, 3.8) is 0 Å². The molecule has 0 saturated heterocycles. The minimum absolute atomic E-state index is 0.124. The summed E-state index contributed by atoms with van der Waals surface area (Å²) in [5, 5.41) is 14.1. The van der Waals surface area contributed by atoms with Crippen molar-refractivity contribution in [3.8, 4) is 0 Å². The van der Waals surface area contributed by atoms with Gasteiger partial charge in [0.25, 0.3) is 5.91 Å². The van der Waals surface area contributed by atoms with Gasteiger partial charge in [-0.25, -0.2) is 4.39 Å². The Morgan fingerprint density at radius 3 is 2.79 bits per heavy atom. The van der Waals surface area contributed by atoms with E-state index in [0.717, 1.165) is 0 Å². The van der Waals surface area contributed by atoms with Crippen LogP contribution in [-0.4, -0.2) is 41.8 Å². The number of halogens is 2. The second-order valence-corrected chi connectivity index (χ2v) is 6.59. The number of anilines is 1. The molecule has 0 fully saturated rings. The molecular weight excluding hydrogens is 385 g/mol. The number of aliphatic imine (C=N–C) groups is 1.